The van der Waals surface area contributed by atoms with Gasteiger partial charge in [-0.25, -0.2) is 4.39 Å². The molecule has 2 aromatic rings. The molecule has 2 aromatic carbocycles. The number of ether oxygens (including phenoxy) is 1. The second kappa shape index (κ2) is 5.19. The number of hydrogen-bond donors (Lipinski definition) is 1. The van der Waals surface area contributed by atoms with Crippen LogP contribution >= 0.6 is 15.9 Å². The molecule has 104 valence electrons. The Morgan fingerprint density at radius 2 is 2.05 bits per heavy atom. The lowest BCUT2D eigenvalue weighted by atomic mass is 9.93. The Bertz CT molecular complexity index is 659. The largest absolute Gasteiger partial charge is 0.485 e. The predicted molar refractivity (Wildman–Crippen MR) is 80.2 cm³/mol. The van der Waals surface area contributed by atoms with Crippen molar-refractivity contribution < 1.29 is 9.13 Å². The van der Waals surface area contributed by atoms with E-state index in [0.717, 1.165) is 21.3 Å². The third kappa shape index (κ3) is 2.45. The molecule has 0 amide bonds. The van der Waals surface area contributed by atoms with E-state index in [4.69, 9.17) is 10.5 Å². The predicted octanol–water partition coefficient (Wildman–Crippen LogP) is 4.42. The van der Waals surface area contributed by atoms with Crippen molar-refractivity contribution in [1.29, 1.82) is 0 Å². The number of halogens is 2. The molecule has 1 heterocycles. The lowest BCUT2D eigenvalue weighted by Crippen LogP contribution is -2.24. The normalized spacial score (nSPS) is 21.2. The van der Waals surface area contributed by atoms with Crippen molar-refractivity contribution in [3.63, 3.8) is 0 Å². The van der Waals surface area contributed by atoms with E-state index in [-0.39, 0.29) is 18.0 Å². The molecule has 0 bridgehead atoms. The number of hydrogen-bond acceptors (Lipinski definition) is 2. The summed E-state index contributed by atoms with van der Waals surface area (Å²) in [7, 11) is 0. The van der Waals surface area contributed by atoms with Gasteiger partial charge in [-0.05, 0) is 36.2 Å². The highest BCUT2D eigenvalue weighted by molar-refractivity contribution is 9.10. The van der Waals surface area contributed by atoms with Crippen LogP contribution in [0.4, 0.5) is 4.39 Å². The Kier molecular flexibility index (Phi) is 3.52. The zero-order chi connectivity index (χ0) is 14.3. The van der Waals surface area contributed by atoms with Crippen LogP contribution in [0.2, 0.25) is 0 Å². The minimum absolute atomic E-state index is 0.0961. The molecule has 1 unspecified atom stereocenters. The van der Waals surface area contributed by atoms with Crippen molar-refractivity contribution in [3.05, 3.63) is 63.4 Å². The molecule has 0 aliphatic carbocycles. The van der Waals surface area contributed by atoms with Gasteiger partial charge in [-0.1, -0.05) is 34.1 Å². The fourth-order valence-electron chi connectivity index (χ4n) is 2.49. The molecule has 0 saturated heterocycles. The SMILES string of the molecule is Cc1ccc(C2C[C@H](N)c3ccc(Br)cc3O2)cc1F. The standard InChI is InChI=1S/C16H15BrFNO/c1-9-2-3-10(6-13(9)18)15-8-14(19)12-5-4-11(17)7-16(12)20-15/h2-7,14-15H,8,19H2,1H3/t14-,15?/m0/s1. The topological polar surface area (TPSA) is 35.2 Å². The quantitative estimate of drug-likeness (QED) is 0.837. The lowest BCUT2D eigenvalue weighted by Gasteiger charge is -2.30. The summed E-state index contributed by atoms with van der Waals surface area (Å²) in [5.41, 5.74) is 8.66. The van der Waals surface area contributed by atoms with E-state index >= 15 is 0 Å². The van der Waals surface area contributed by atoms with E-state index in [9.17, 15) is 4.39 Å². The number of fused-ring (bicyclic) bond motifs is 1. The second-order valence-electron chi connectivity index (χ2n) is 5.14. The summed E-state index contributed by atoms with van der Waals surface area (Å²) in [6, 6.07) is 10.9. The Morgan fingerprint density at radius 1 is 1.25 bits per heavy atom. The third-order valence-corrected chi connectivity index (χ3v) is 4.17. The van der Waals surface area contributed by atoms with Gasteiger partial charge in [-0.15, -0.1) is 0 Å². The summed E-state index contributed by atoms with van der Waals surface area (Å²) < 4.78 is 20.6. The van der Waals surface area contributed by atoms with Crippen LogP contribution < -0.4 is 10.5 Å². The molecule has 0 saturated carbocycles. The Labute approximate surface area is 125 Å². The second-order valence-corrected chi connectivity index (χ2v) is 6.06. The van der Waals surface area contributed by atoms with Gasteiger partial charge >= 0.3 is 0 Å². The van der Waals surface area contributed by atoms with E-state index < -0.39 is 0 Å². The molecular weight excluding hydrogens is 321 g/mol. The Hall–Kier alpha value is -1.39. The van der Waals surface area contributed by atoms with Crippen molar-refractivity contribution in [3.8, 4) is 5.75 Å². The van der Waals surface area contributed by atoms with Crippen molar-refractivity contribution in [2.75, 3.05) is 0 Å². The van der Waals surface area contributed by atoms with Crippen molar-refractivity contribution >= 4 is 15.9 Å². The van der Waals surface area contributed by atoms with Gasteiger partial charge in [0.2, 0.25) is 0 Å². The van der Waals surface area contributed by atoms with Crippen LogP contribution in [0.1, 0.15) is 35.3 Å². The van der Waals surface area contributed by atoms with Gasteiger partial charge in [0, 0.05) is 22.5 Å². The van der Waals surface area contributed by atoms with Gasteiger partial charge in [0.25, 0.3) is 0 Å². The van der Waals surface area contributed by atoms with Gasteiger partial charge in [0.1, 0.15) is 17.7 Å². The fourth-order valence-corrected chi connectivity index (χ4v) is 2.83. The summed E-state index contributed by atoms with van der Waals surface area (Å²) in [6.07, 6.45) is 0.443. The highest BCUT2D eigenvalue weighted by Crippen LogP contribution is 2.40. The van der Waals surface area contributed by atoms with Crippen molar-refractivity contribution in [1.82, 2.24) is 0 Å². The molecular formula is C16H15BrFNO. The summed E-state index contributed by atoms with van der Waals surface area (Å²) >= 11 is 3.43. The highest BCUT2D eigenvalue weighted by atomic mass is 79.9. The molecule has 4 heteroatoms. The average molecular weight is 336 g/mol. The van der Waals surface area contributed by atoms with Gasteiger partial charge in [0.15, 0.2) is 0 Å². The first-order valence-corrected chi connectivity index (χ1v) is 7.31. The minimum atomic E-state index is -0.209. The average Bonchev–Trinajstić information content (AvgIpc) is 2.41. The smallest absolute Gasteiger partial charge is 0.126 e. The zero-order valence-corrected chi connectivity index (χ0v) is 12.7. The molecule has 1 aliphatic heterocycles. The maximum absolute atomic E-state index is 13.7. The first-order valence-electron chi connectivity index (χ1n) is 6.52. The minimum Gasteiger partial charge on any atom is -0.485 e. The molecule has 1 aliphatic rings. The van der Waals surface area contributed by atoms with Crippen molar-refractivity contribution in [2.24, 2.45) is 5.73 Å². The number of rotatable bonds is 1. The van der Waals surface area contributed by atoms with Crippen LogP contribution in [-0.4, -0.2) is 0 Å². The maximum Gasteiger partial charge on any atom is 0.126 e. The van der Waals surface area contributed by atoms with Gasteiger partial charge in [-0.3, -0.25) is 0 Å². The molecule has 0 fully saturated rings. The Morgan fingerprint density at radius 3 is 2.80 bits per heavy atom. The summed E-state index contributed by atoms with van der Waals surface area (Å²) in [5.74, 6) is 0.559. The third-order valence-electron chi connectivity index (χ3n) is 3.68. The fraction of sp³-hybridized carbons (Fsp3) is 0.250. The van der Waals surface area contributed by atoms with E-state index in [1.165, 1.54) is 6.07 Å². The van der Waals surface area contributed by atoms with Crippen LogP contribution in [0.15, 0.2) is 40.9 Å². The summed E-state index contributed by atoms with van der Waals surface area (Å²) in [5, 5.41) is 0. The van der Waals surface area contributed by atoms with Gasteiger partial charge < -0.3 is 10.5 Å². The van der Waals surface area contributed by atoms with Gasteiger partial charge in [0.05, 0.1) is 0 Å². The molecule has 0 aromatic heterocycles. The lowest BCUT2D eigenvalue weighted by molar-refractivity contribution is 0.161. The van der Waals surface area contributed by atoms with Crippen LogP contribution in [0.25, 0.3) is 0 Å². The molecule has 3 rings (SSSR count). The zero-order valence-electron chi connectivity index (χ0n) is 11.1. The van der Waals surface area contributed by atoms with Crippen molar-refractivity contribution in [2.45, 2.75) is 25.5 Å². The molecule has 20 heavy (non-hydrogen) atoms. The van der Waals surface area contributed by atoms with Gasteiger partial charge in [-0.2, -0.15) is 0 Å². The van der Waals surface area contributed by atoms with E-state index in [1.807, 2.05) is 24.3 Å². The van der Waals surface area contributed by atoms with E-state index in [0.29, 0.717) is 12.0 Å². The molecule has 2 nitrogen and oxygen atoms in total. The molecule has 0 radical (unpaired) electrons. The first-order chi connectivity index (χ1) is 9.54. The first kappa shape index (κ1) is 13.6. The van der Waals surface area contributed by atoms with Crippen LogP contribution in [0.3, 0.4) is 0 Å². The molecule has 2 atom stereocenters. The summed E-state index contributed by atoms with van der Waals surface area (Å²) in [6.45, 7) is 1.75. The van der Waals surface area contributed by atoms with Crippen LogP contribution in [-0.2, 0) is 0 Å². The van der Waals surface area contributed by atoms with Crippen LogP contribution in [0.5, 0.6) is 5.75 Å². The molecule has 2 N–H and O–H groups in total. The van der Waals surface area contributed by atoms with E-state index in [2.05, 4.69) is 15.9 Å². The van der Waals surface area contributed by atoms with E-state index in [1.54, 1.807) is 13.0 Å². The summed E-state index contributed by atoms with van der Waals surface area (Å²) in [4.78, 5) is 0. The maximum atomic E-state index is 13.7. The number of aryl methyl sites for hydroxylation is 1. The van der Waals surface area contributed by atoms with Crippen LogP contribution in [0, 0.1) is 12.7 Å². The monoisotopic (exact) mass is 335 g/mol. The highest BCUT2D eigenvalue weighted by Gasteiger charge is 2.27. The number of benzene rings is 2. The number of nitrogens with two attached hydrogens (primary N) is 1. The molecule has 0 spiro atoms. The Balaban J connectivity index is 1.96.